The minimum atomic E-state index is -2.97. The number of rotatable bonds is 11. The largest absolute Gasteiger partial charge is 0.493 e. The van der Waals surface area contributed by atoms with Gasteiger partial charge in [-0.05, 0) is 55.9 Å². The predicted molar refractivity (Wildman–Crippen MR) is 127 cm³/mol. The van der Waals surface area contributed by atoms with Gasteiger partial charge in [-0.1, -0.05) is 24.3 Å². The van der Waals surface area contributed by atoms with E-state index in [1.54, 1.807) is 12.1 Å². The molecule has 4 rings (SSSR count). The number of hydrogen-bond acceptors (Lipinski definition) is 6. The maximum atomic E-state index is 13.0. The van der Waals surface area contributed by atoms with Crippen LogP contribution in [0.4, 0.5) is 8.78 Å². The number of likely N-dealkylation sites (tertiary alicyclic amines) is 1. The Morgan fingerprint density at radius 3 is 2.53 bits per heavy atom. The molecule has 1 aliphatic carbocycles. The summed E-state index contributed by atoms with van der Waals surface area (Å²) in [6.45, 7) is 1.58. The van der Waals surface area contributed by atoms with Crippen LogP contribution in [0.3, 0.4) is 0 Å². The van der Waals surface area contributed by atoms with Crippen LogP contribution in [0.1, 0.15) is 50.2 Å². The number of alkyl halides is 2. The number of esters is 1. The van der Waals surface area contributed by atoms with Gasteiger partial charge in [-0.25, -0.2) is 4.79 Å². The lowest BCUT2D eigenvalue weighted by atomic mass is 9.96. The molecule has 0 spiro atoms. The standard InChI is InChI=1S/C27H31F2NO6/c1-3-33-23-7-5-4-6-20(23)16-35-26(32)22-12-21(14-30(22)17(2)31)19-10-11-24(36-27(28)29)25(13-19)34-15-18-8-9-18/h4-7,10-11,13,18,21-22,27H,3,8-9,12,14-16H2,1-2H3. The van der Waals surface area contributed by atoms with Crippen molar-refractivity contribution in [2.24, 2.45) is 5.92 Å². The van der Waals surface area contributed by atoms with Gasteiger partial charge < -0.3 is 23.8 Å². The van der Waals surface area contributed by atoms with Gasteiger partial charge in [0.25, 0.3) is 0 Å². The lowest BCUT2D eigenvalue weighted by Gasteiger charge is -2.21. The van der Waals surface area contributed by atoms with Crippen LogP contribution in [0.15, 0.2) is 42.5 Å². The van der Waals surface area contributed by atoms with E-state index in [4.69, 9.17) is 14.2 Å². The summed E-state index contributed by atoms with van der Waals surface area (Å²) in [5.74, 6) is 0.363. The van der Waals surface area contributed by atoms with Gasteiger partial charge in [0, 0.05) is 24.9 Å². The molecule has 1 heterocycles. The lowest BCUT2D eigenvalue weighted by Crippen LogP contribution is -2.40. The molecule has 7 nitrogen and oxygen atoms in total. The van der Waals surface area contributed by atoms with E-state index in [1.165, 1.54) is 17.9 Å². The normalized spacial score (nSPS) is 19.3. The number of hydrogen-bond donors (Lipinski definition) is 0. The summed E-state index contributed by atoms with van der Waals surface area (Å²) < 4.78 is 47.3. The molecule has 194 valence electrons. The first-order valence-electron chi connectivity index (χ1n) is 12.2. The van der Waals surface area contributed by atoms with Crippen LogP contribution in [-0.4, -0.2) is 49.2 Å². The fraction of sp³-hybridized carbons (Fsp3) is 0.481. The van der Waals surface area contributed by atoms with E-state index in [0.29, 0.717) is 37.8 Å². The van der Waals surface area contributed by atoms with Crippen molar-refractivity contribution in [3.05, 3.63) is 53.6 Å². The van der Waals surface area contributed by atoms with Crippen molar-refractivity contribution in [1.82, 2.24) is 4.90 Å². The first-order valence-corrected chi connectivity index (χ1v) is 12.2. The molecule has 1 saturated heterocycles. The Balaban J connectivity index is 1.47. The predicted octanol–water partition coefficient (Wildman–Crippen LogP) is 4.92. The Morgan fingerprint density at radius 1 is 1.06 bits per heavy atom. The number of carbonyl (C=O) groups is 2. The van der Waals surface area contributed by atoms with Crippen LogP contribution < -0.4 is 14.2 Å². The molecule has 1 aliphatic heterocycles. The Kier molecular flexibility index (Phi) is 8.28. The summed E-state index contributed by atoms with van der Waals surface area (Å²) in [5, 5.41) is 0. The third kappa shape index (κ3) is 6.44. The number of nitrogens with zero attached hydrogens (tertiary/aromatic N) is 1. The van der Waals surface area contributed by atoms with Crippen LogP contribution in [0.5, 0.6) is 17.2 Å². The van der Waals surface area contributed by atoms with Crippen LogP contribution in [0.2, 0.25) is 0 Å². The van der Waals surface area contributed by atoms with Crippen molar-refractivity contribution in [3.63, 3.8) is 0 Å². The van der Waals surface area contributed by atoms with Gasteiger partial charge in [0.05, 0.1) is 13.2 Å². The Hall–Kier alpha value is -3.36. The van der Waals surface area contributed by atoms with Crippen LogP contribution in [0.25, 0.3) is 0 Å². The highest BCUT2D eigenvalue weighted by molar-refractivity contribution is 5.84. The molecule has 1 amide bonds. The average molecular weight is 504 g/mol. The van der Waals surface area contributed by atoms with Crippen LogP contribution >= 0.6 is 0 Å². The topological polar surface area (TPSA) is 74.3 Å². The average Bonchev–Trinajstić information content (AvgIpc) is 3.57. The highest BCUT2D eigenvalue weighted by Gasteiger charge is 2.40. The van der Waals surface area contributed by atoms with E-state index >= 15 is 0 Å². The first-order chi connectivity index (χ1) is 17.4. The van der Waals surface area contributed by atoms with Crippen molar-refractivity contribution in [2.75, 3.05) is 19.8 Å². The molecule has 2 atom stereocenters. The fourth-order valence-corrected chi connectivity index (χ4v) is 4.39. The summed E-state index contributed by atoms with van der Waals surface area (Å²) in [6.07, 6.45) is 2.46. The van der Waals surface area contributed by atoms with Crippen LogP contribution in [0, 0.1) is 5.92 Å². The SMILES string of the molecule is CCOc1ccccc1COC(=O)C1CC(c2ccc(OC(F)F)c(OCC3CC3)c2)CN1C(C)=O. The monoisotopic (exact) mass is 503 g/mol. The molecule has 2 aromatic rings. The lowest BCUT2D eigenvalue weighted by molar-refractivity contribution is -0.154. The van der Waals surface area contributed by atoms with Crippen molar-refractivity contribution in [1.29, 1.82) is 0 Å². The zero-order valence-electron chi connectivity index (χ0n) is 20.5. The van der Waals surface area contributed by atoms with E-state index < -0.39 is 18.6 Å². The molecule has 36 heavy (non-hydrogen) atoms. The molecule has 2 fully saturated rings. The second-order valence-corrected chi connectivity index (χ2v) is 9.11. The summed E-state index contributed by atoms with van der Waals surface area (Å²) in [7, 11) is 0. The molecular weight excluding hydrogens is 472 g/mol. The molecule has 2 aliphatic rings. The van der Waals surface area contributed by atoms with Gasteiger partial charge in [0.1, 0.15) is 18.4 Å². The Bertz CT molecular complexity index is 1070. The summed E-state index contributed by atoms with van der Waals surface area (Å²) in [5.41, 5.74) is 1.52. The molecule has 1 saturated carbocycles. The minimum Gasteiger partial charge on any atom is -0.493 e. The highest BCUT2D eigenvalue weighted by Crippen LogP contribution is 2.39. The summed E-state index contributed by atoms with van der Waals surface area (Å²) in [6, 6.07) is 11.4. The van der Waals surface area contributed by atoms with E-state index in [0.717, 1.165) is 24.0 Å². The third-order valence-corrected chi connectivity index (χ3v) is 6.45. The quantitative estimate of drug-likeness (QED) is 0.405. The molecule has 2 unspecified atom stereocenters. The second kappa shape index (κ2) is 11.6. The molecule has 0 bridgehead atoms. The minimum absolute atomic E-state index is 0.0280. The number of halogens is 2. The van der Waals surface area contributed by atoms with Gasteiger partial charge in [0.15, 0.2) is 11.5 Å². The van der Waals surface area contributed by atoms with E-state index in [-0.39, 0.29) is 29.9 Å². The maximum Gasteiger partial charge on any atom is 0.387 e. The highest BCUT2D eigenvalue weighted by atomic mass is 19.3. The molecular formula is C27H31F2NO6. The van der Waals surface area contributed by atoms with Crippen LogP contribution in [-0.2, 0) is 20.9 Å². The number of carbonyl (C=O) groups excluding carboxylic acids is 2. The van der Waals surface area contributed by atoms with Gasteiger partial charge in [0.2, 0.25) is 5.91 Å². The van der Waals surface area contributed by atoms with E-state index in [9.17, 15) is 18.4 Å². The zero-order chi connectivity index (χ0) is 25.7. The molecule has 2 aromatic carbocycles. The Morgan fingerprint density at radius 2 is 1.83 bits per heavy atom. The molecule has 0 aromatic heterocycles. The molecule has 0 N–H and O–H groups in total. The summed E-state index contributed by atoms with van der Waals surface area (Å²) in [4.78, 5) is 26.9. The van der Waals surface area contributed by atoms with Crippen molar-refractivity contribution < 1.29 is 37.3 Å². The number of benzene rings is 2. The van der Waals surface area contributed by atoms with E-state index in [1.807, 2.05) is 31.2 Å². The Labute approximate surface area is 209 Å². The number of amides is 1. The first kappa shape index (κ1) is 25.7. The molecule has 0 radical (unpaired) electrons. The van der Waals surface area contributed by atoms with Gasteiger partial charge >= 0.3 is 12.6 Å². The van der Waals surface area contributed by atoms with Crippen molar-refractivity contribution >= 4 is 11.9 Å². The number of para-hydroxylation sites is 1. The molecule has 9 heteroatoms. The smallest absolute Gasteiger partial charge is 0.387 e. The number of ether oxygens (including phenoxy) is 4. The zero-order valence-corrected chi connectivity index (χ0v) is 20.5. The van der Waals surface area contributed by atoms with E-state index in [2.05, 4.69) is 4.74 Å². The second-order valence-electron chi connectivity index (χ2n) is 9.11. The van der Waals surface area contributed by atoms with Gasteiger partial charge in [-0.15, -0.1) is 0 Å². The maximum absolute atomic E-state index is 13.0. The summed E-state index contributed by atoms with van der Waals surface area (Å²) >= 11 is 0. The third-order valence-electron chi connectivity index (χ3n) is 6.45. The van der Waals surface area contributed by atoms with Crippen molar-refractivity contribution in [3.8, 4) is 17.2 Å². The fourth-order valence-electron chi connectivity index (χ4n) is 4.39. The van der Waals surface area contributed by atoms with Gasteiger partial charge in [-0.2, -0.15) is 8.78 Å². The van der Waals surface area contributed by atoms with Crippen molar-refractivity contribution in [2.45, 2.75) is 58.3 Å². The van der Waals surface area contributed by atoms with Gasteiger partial charge in [-0.3, -0.25) is 4.79 Å².